The lowest BCUT2D eigenvalue weighted by molar-refractivity contribution is -0.137. The van der Waals surface area contributed by atoms with Crippen LogP contribution in [0.15, 0.2) is 65.2 Å². The summed E-state index contributed by atoms with van der Waals surface area (Å²) in [6.07, 6.45) is -0.607. The first-order valence-corrected chi connectivity index (χ1v) is 7.98. The number of nitrogens with zero attached hydrogens (tertiary/aromatic N) is 3. The lowest BCUT2D eigenvalue weighted by Crippen LogP contribution is -2.37. The van der Waals surface area contributed by atoms with Gasteiger partial charge in [0, 0.05) is 12.6 Å². The lowest BCUT2D eigenvalue weighted by Gasteiger charge is -2.20. The molecule has 0 radical (unpaired) electrons. The molecule has 0 saturated heterocycles. The van der Waals surface area contributed by atoms with Crippen molar-refractivity contribution in [1.29, 1.82) is 0 Å². The molecule has 1 heterocycles. The van der Waals surface area contributed by atoms with Gasteiger partial charge in [-0.25, -0.2) is 0 Å². The van der Waals surface area contributed by atoms with E-state index < -0.39 is 6.10 Å². The SMILES string of the molecule is C[C@H](Oc1ccccc1)C(=O)N(C)Cc1nc(-c2ccccc2)no1. The fraction of sp³-hybridized carbons (Fsp3) is 0.211. The Balaban J connectivity index is 1.61. The molecule has 0 N–H and O–H groups in total. The first-order valence-electron chi connectivity index (χ1n) is 7.98. The van der Waals surface area contributed by atoms with Gasteiger partial charge in [-0.05, 0) is 19.1 Å². The van der Waals surface area contributed by atoms with Crippen LogP contribution in [0, 0.1) is 0 Å². The summed E-state index contributed by atoms with van der Waals surface area (Å²) in [5.74, 6) is 1.37. The van der Waals surface area contributed by atoms with Crippen LogP contribution in [0.1, 0.15) is 12.8 Å². The van der Waals surface area contributed by atoms with Crippen molar-refractivity contribution in [3.05, 3.63) is 66.6 Å². The molecular formula is C19H19N3O3. The Morgan fingerprint density at radius 2 is 1.76 bits per heavy atom. The fourth-order valence-electron chi connectivity index (χ4n) is 2.37. The Bertz CT molecular complexity index is 818. The van der Waals surface area contributed by atoms with Crippen LogP contribution >= 0.6 is 0 Å². The number of amides is 1. The summed E-state index contributed by atoms with van der Waals surface area (Å²) >= 11 is 0. The molecule has 1 amide bonds. The van der Waals surface area contributed by atoms with Gasteiger partial charge in [0.05, 0.1) is 6.54 Å². The van der Waals surface area contributed by atoms with E-state index in [1.165, 1.54) is 4.90 Å². The number of para-hydroxylation sites is 1. The van der Waals surface area contributed by atoms with E-state index in [1.807, 2.05) is 60.7 Å². The molecule has 25 heavy (non-hydrogen) atoms. The number of ether oxygens (including phenoxy) is 1. The number of hydrogen-bond acceptors (Lipinski definition) is 5. The van der Waals surface area contributed by atoms with Gasteiger partial charge in [-0.15, -0.1) is 0 Å². The molecule has 0 aliphatic rings. The van der Waals surface area contributed by atoms with Gasteiger partial charge < -0.3 is 14.2 Å². The Morgan fingerprint density at radius 3 is 2.44 bits per heavy atom. The van der Waals surface area contributed by atoms with Crippen LogP contribution in [0.25, 0.3) is 11.4 Å². The number of carbonyl (C=O) groups excluding carboxylic acids is 1. The monoisotopic (exact) mass is 337 g/mol. The molecule has 3 aromatic rings. The van der Waals surface area contributed by atoms with E-state index in [0.717, 1.165) is 5.56 Å². The minimum atomic E-state index is -0.607. The molecule has 3 rings (SSSR count). The minimum absolute atomic E-state index is 0.164. The Hall–Kier alpha value is -3.15. The zero-order valence-corrected chi connectivity index (χ0v) is 14.1. The van der Waals surface area contributed by atoms with E-state index in [2.05, 4.69) is 10.1 Å². The van der Waals surface area contributed by atoms with Gasteiger partial charge in [0.15, 0.2) is 6.10 Å². The maximum atomic E-state index is 12.4. The van der Waals surface area contributed by atoms with E-state index in [9.17, 15) is 4.79 Å². The topological polar surface area (TPSA) is 68.5 Å². The van der Waals surface area contributed by atoms with Gasteiger partial charge in [-0.2, -0.15) is 4.98 Å². The van der Waals surface area contributed by atoms with Crippen molar-refractivity contribution in [3.63, 3.8) is 0 Å². The van der Waals surface area contributed by atoms with Crippen molar-refractivity contribution in [1.82, 2.24) is 15.0 Å². The number of benzene rings is 2. The fourth-order valence-corrected chi connectivity index (χ4v) is 2.37. The van der Waals surface area contributed by atoms with Crippen molar-refractivity contribution < 1.29 is 14.1 Å². The van der Waals surface area contributed by atoms with Crippen LogP contribution < -0.4 is 4.74 Å². The van der Waals surface area contributed by atoms with E-state index in [1.54, 1.807) is 14.0 Å². The molecule has 0 saturated carbocycles. The average Bonchev–Trinajstić information content (AvgIpc) is 3.11. The third kappa shape index (κ3) is 4.23. The lowest BCUT2D eigenvalue weighted by atomic mass is 10.2. The van der Waals surface area contributed by atoms with Gasteiger partial charge in [0.1, 0.15) is 5.75 Å². The molecule has 0 spiro atoms. The van der Waals surface area contributed by atoms with Crippen LogP contribution in [-0.4, -0.2) is 34.1 Å². The minimum Gasteiger partial charge on any atom is -0.481 e. The predicted molar refractivity (Wildman–Crippen MR) is 92.7 cm³/mol. The zero-order valence-electron chi connectivity index (χ0n) is 14.1. The largest absolute Gasteiger partial charge is 0.481 e. The van der Waals surface area contributed by atoms with Crippen LogP contribution in [0.2, 0.25) is 0 Å². The van der Waals surface area contributed by atoms with Crippen molar-refractivity contribution in [2.24, 2.45) is 0 Å². The summed E-state index contributed by atoms with van der Waals surface area (Å²) in [5.41, 5.74) is 0.868. The predicted octanol–water partition coefficient (Wildman–Crippen LogP) is 3.16. The van der Waals surface area contributed by atoms with Gasteiger partial charge in [0.25, 0.3) is 5.91 Å². The summed E-state index contributed by atoms with van der Waals surface area (Å²) in [7, 11) is 1.68. The summed E-state index contributed by atoms with van der Waals surface area (Å²) < 4.78 is 10.9. The molecular weight excluding hydrogens is 318 g/mol. The van der Waals surface area contributed by atoms with E-state index >= 15 is 0 Å². The van der Waals surface area contributed by atoms with E-state index in [4.69, 9.17) is 9.26 Å². The average molecular weight is 337 g/mol. The molecule has 0 fully saturated rings. The Labute approximate surface area is 146 Å². The van der Waals surface area contributed by atoms with Crippen molar-refractivity contribution in [3.8, 4) is 17.1 Å². The Morgan fingerprint density at radius 1 is 1.12 bits per heavy atom. The molecule has 0 bridgehead atoms. The van der Waals surface area contributed by atoms with Gasteiger partial charge in [0.2, 0.25) is 11.7 Å². The number of likely N-dealkylation sites (N-methyl/N-ethyl adjacent to an activating group) is 1. The van der Waals surface area contributed by atoms with Crippen LogP contribution in [0.4, 0.5) is 0 Å². The first kappa shape index (κ1) is 16.7. The van der Waals surface area contributed by atoms with Crippen LogP contribution in [0.5, 0.6) is 5.75 Å². The summed E-state index contributed by atoms with van der Waals surface area (Å²) in [6, 6.07) is 18.8. The number of hydrogen-bond donors (Lipinski definition) is 0. The second-order valence-electron chi connectivity index (χ2n) is 5.65. The molecule has 6 heteroatoms. The smallest absolute Gasteiger partial charge is 0.263 e. The van der Waals surface area contributed by atoms with Crippen LogP contribution in [-0.2, 0) is 11.3 Å². The maximum Gasteiger partial charge on any atom is 0.263 e. The van der Waals surface area contributed by atoms with E-state index in [0.29, 0.717) is 17.5 Å². The quantitative estimate of drug-likeness (QED) is 0.691. The number of rotatable bonds is 6. The number of aromatic nitrogens is 2. The van der Waals surface area contributed by atoms with Crippen molar-refractivity contribution in [2.45, 2.75) is 19.6 Å². The summed E-state index contributed by atoms with van der Waals surface area (Å²) in [4.78, 5) is 18.3. The molecule has 6 nitrogen and oxygen atoms in total. The summed E-state index contributed by atoms with van der Waals surface area (Å²) in [5, 5.41) is 3.96. The first-order chi connectivity index (χ1) is 12.1. The number of carbonyl (C=O) groups is 1. The normalized spacial score (nSPS) is 11.8. The highest BCUT2D eigenvalue weighted by Gasteiger charge is 2.21. The molecule has 1 aromatic heterocycles. The molecule has 0 aliphatic carbocycles. The second-order valence-corrected chi connectivity index (χ2v) is 5.65. The second kappa shape index (κ2) is 7.61. The summed E-state index contributed by atoms with van der Waals surface area (Å²) in [6.45, 7) is 1.94. The maximum absolute atomic E-state index is 12.4. The van der Waals surface area contributed by atoms with Crippen molar-refractivity contribution >= 4 is 5.91 Å². The van der Waals surface area contributed by atoms with Gasteiger partial charge in [-0.3, -0.25) is 4.79 Å². The highest BCUT2D eigenvalue weighted by molar-refractivity contribution is 5.80. The van der Waals surface area contributed by atoms with Gasteiger partial charge in [-0.1, -0.05) is 53.7 Å². The van der Waals surface area contributed by atoms with Gasteiger partial charge >= 0.3 is 0 Å². The van der Waals surface area contributed by atoms with Crippen LogP contribution in [0.3, 0.4) is 0 Å². The molecule has 2 aromatic carbocycles. The third-order valence-electron chi connectivity index (χ3n) is 3.65. The highest BCUT2D eigenvalue weighted by atomic mass is 16.5. The Kier molecular flexibility index (Phi) is 5.09. The molecule has 128 valence electrons. The van der Waals surface area contributed by atoms with Crippen molar-refractivity contribution in [2.75, 3.05) is 7.05 Å². The third-order valence-corrected chi connectivity index (χ3v) is 3.65. The molecule has 1 atom stereocenters. The molecule has 0 unspecified atom stereocenters. The standard InChI is InChI=1S/C19H19N3O3/c1-14(24-16-11-7-4-8-12-16)19(23)22(2)13-17-20-18(21-25-17)15-9-5-3-6-10-15/h3-12,14H,13H2,1-2H3/t14-/m0/s1. The van der Waals surface area contributed by atoms with E-state index in [-0.39, 0.29) is 12.5 Å². The molecule has 0 aliphatic heterocycles. The highest BCUT2D eigenvalue weighted by Crippen LogP contribution is 2.16. The zero-order chi connectivity index (χ0) is 17.6.